The van der Waals surface area contributed by atoms with E-state index in [0.29, 0.717) is 16.8 Å². The number of carbonyl (C=O) groups is 1. The molecule has 0 bridgehead atoms. The van der Waals surface area contributed by atoms with Crippen LogP contribution in [0, 0.1) is 18.3 Å². The number of anilines is 2. The molecule has 0 aromatic heterocycles. The molecule has 0 aliphatic rings. The molecule has 2 N–H and O–H groups in total. The van der Waals surface area contributed by atoms with E-state index < -0.39 is 0 Å². The number of nitrogens with one attached hydrogen (secondary N) is 2. The highest BCUT2D eigenvalue weighted by Gasteiger charge is 2.12. The molecule has 2 aromatic carbocycles. The summed E-state index contributed by atoms with van der Waals surface area (Å²) in [4.78, 5) is 12.4. The minimum absolute atomic E-state index is 0.232. The zero-order chi connectivity index (χ0) is 15.4. The third-order valence-corrected chi connectivity index (χ3v) is 3.60. The largest absolute Gasteiger partial charge is 0.388 e. The van der Waals surface area contributed by atoms with Gasteiger partial charge in [0.05, 0.1) is 11.3 Å². The molecule has 4 nitrogen and oxygen atoms in total. The number of hydrogen-bond acceptors (Lipinski definition) is 3. The van der Waals surface area contributed by atoms with Crippen LogP contribution in [0.2, 0.25) is 0 Å². The number of benzene rings is 2. The normalized spacial score (nSPS) is 9.81. The van der Waals surface area contributed by atoms with E-state index >= 15 is 0 Å². The van der Waals surface area contributed by atoms with Crippen molar-refractivity contribution in [3.8, 4) is 6.07 Å². The summed E-state index contributed by atoms with van der Waals surface area (Å²) in [6, 6.07) is 12.7. The average molecular weight is 344 g/mol. The van der Waals surface area contributed by atoms with Crippen LogP contribution in [0.5, 0.6) is 0 Å². The summed E-state index contributed by atoms with van der Waals surface area (Å²) >= 11 is 3.34. The molecule has 106 valence electrons. The van der Waals surface area contributed by atoms with E-state index in [4.69, 9.17) is 5.26 Å². The monoisotopic (exact) mass is 343 g/mol. The van der Waals surface area contributed by atoms with Crippen molar-refractivity contribution in [3.05, 3.63) is 57.6 Å². The number of hydrogen-bond donors (Lipinski definition) is 2. The van der Waals surface area contributed by atoms with Crippen LogP contribution in [-0.4, -0.2) is 13.0 Å². The van der Waals surface area contributed by atoms with Crippen molar-refractivity contribution in [1.82, 2.24) is 0 Å². The first-order chi connectivity index (χ1) is 10.0. The fraction of sp³-hybridized carbons (Fsp3) is 0.125. The lowest BCUT2D eigenvalue weighted by Gasteiger charge is -2.10. The molecule has 0 atom stereocenters. The third-order valence-electron chi connectivity index (χ3n) is 3.11. The van der Waals surface area contributed by atoms with Crippen molar-refractivity contribution in [1.29, 1.82) is 5.26 Å². The molecule has 0 radical (unpaired) electrons. The van der Waals surface area contributed by atoms with Gasteiger partial charge in [-0.3, -0.25) is 4.79 Å². The second kappa shape index (κ2) is 6.42. The molecule has 0 saturated carbocycles. The Balaban J connectivity index is 2.30. The maximum atomic E-state index is 12.4. The number of aryl methyl sites for hydroxylation is 1. The van der Waals surface area contributed by atoms with Crippen molar-refractivity contribution in [2.45, 2.75) is 6.92 Å². The van der Waals surface area contributed by atoms with Crippen molar-refractivity contribution in [2.75, 3.05) is 17.7 Å². The first-order valence-corrected chi connectivity index (χ1v) is 7.14. The zero-order valence-corrected chi connectivity index (χ0v) is 13.3. The first kappa shape index (κ1) is 15.1. The van der Waals surface area contributed by atoms with E-state index in [0.717, 1.165) is 15.7 Å². The maximum absolute atomic E-state index is 12.4. The Morgan fingerprint density at radius 1 is 1.24 bits per heavy atom. The van der Waals surface area contributed by atoms with Crippen LogP contribution in [0.3, 0.4) is 0 Å². The Labute approximate surface area is 131 Å². The molecule has 0 saturated heterocycles. The molecule has 5 heteroatoms. The fourth-order valence-electron chi connectivity index (χ4n) is 1.98. The lowest BCUT2D eigenvalue weighted by atomic mass is 10.1. The van der Waals surface area contributed by atoms with Crippen LogP contribution in [0.4, 0.5) is 11.4 Å². The topological polar surface area (TPSA) is 64.9 Å². The Morgan fingerprint density at radius 2 is 2.00 bits per heavy atom. The molecule has 2 rings (SSSR count). The Bertz CT molecular complexity index is 735. The van der Waals surface area contributed by atoms with Crippen LogP contribution in [0.15, 0.2) is 40.9 Å². The number of nitriles is 1. The second-order valence-corrected chi connectivity index (χ2v) is 5.45. The van der Waals surface area contributed by atoms with Gasteiger partial charge in [0.2, 0.25) is 0 Å². The van der Waals surface area contributed by atoms with Crippen LogP contribution in [0.1, 0.15) is 21.5 Å². The molecular weight excluding hydrogens is 330 g/mol. The van der Waals surface area contributed by atoms with E-state index in [1.807, 2.05) is 26.1 Å². The summed E-state index contributed by atoms with van der Waals surface area (Å²) in [5, 5.41) is 14.9. The molecule has 1 amide bonds. The van der Waals surface area contributed by atoms with Gasteiger partial charge in [-0.2, -0.15) is 5.26 Å². The fourth-order valence-corrected chi connectivity index (χ4v) is 2.34. The molecule has 21 heavy (non-hydrogen) atoms. The summed E-state index contributed by atoms with van der Waals surface area (Å²) in [5.41, 5.74) is 3.32. The third kappa shape index (κ3) is 3.41. The predicted octanol–water partition coefficient (Wildman–Crippen LogP) is 3.92. The van der Waals surface area contributed by atoms with E-state index in [1.54, 1.807) is 24.3 Å². The highest BCUT2D eigenvalue weighted by Crippen LogP contribution is 2.22. The zero-order valence-electron chi connectivity index (χ0n) is 11.7. The molecule has 0 fully saturated rings. The molecular formula is C16H14BrN3O. The van der Waals surface area contributed by atoms with Crippen LogP contribution in [-0.2, 0) is 0 Å². The Hall–Kier alpha value is -2.32. The van der Waals surface area contributed by atoms with Gasteiger partial charge in [0.1, 0.15) is 6.07 Å². The Kier molecular flexibility index (Phi) is 4.61. The highest BCUT2D eigenvalue weighted by molar-refractivity contribution is 9.10. The molecule has 0 aliphatic heterocycles. The van der Waals surface area contributed by atoms with Crippen LogP contribution < -0.4 is 10.6 Å². The average Bonchev–Trinajstić information content (AvgIpc) is 2.47. The van der Waals surface area contributed by atoms with Gasteiger partial charge in [-0.05, 0) is 48.9 Å². The molecule has 0 aliphatic carbocycles. The van der Waals surface area contributed by atoms with Crippen LogP contribution in [0.25, 0.3) is 0 Å². The number of halogens is 1. The summed E-state index contributed by atoms with van der Waals surface area (Å²) in [5.74, 6) is -0.232. The maximum Gasteiger partial charge on any atom is 0.255 e. The number of rotatable bonds is 3. The van der Waals surface area contributed by atoms with E-state index in [1.165, 1.54) is 0 Å². The van der Waals surface area contributed by atoms with Gasteiger partial charge >= 0.3 is 0 Å². The standard InChI is InChI=1S/C16H14BrN3O/c1-10-7-13(19-2)5-6-14(10)16(21)20-15-8-12(17)4-3-11(15)9-18/h3-8,19H,1-2H3,(H,20,21). The summed E-state index contributed by atoms with van der Waals surface area (Å²) in [7, 11) is 1.83. The van der Waals surface area contributed by atoms with Gasteiger partial charge in [0.25, 0.3) is 5.91 Å². The Morgan fingerprint density at radius 3 is 2.62 bits per heavy atom. The van der Waals surface area contributed by atoms with E-state index in [9.17, 15) is 4.79 Å². The highest BCUT2D eigenvalue weighted by atomic mass is 79.9. The van der Waals surface area contributed by atoms with Gasteiger partial charge in [0.15, 0.2) is 0 Å². The first-order valence-electron chi connectivity index (χ1n) is 6.34. The SMILES string of the molecule is CNc1ccc(C(=O)Nc2cc(Br)ccc2C#N)c(C)c1. The van der Waals surface area contributed by atoms with Crippen molar-refractivity contribution >= 4 is 33.2 Å². The van der Waals surface area contributed by atoms with Crippen molar-refractivity contribution in [3.63, 3.8) is 0 Å². The molecule has 2 aromatic rings. The number of amides is 1. The predicted molar refractivity (Wildman–Crippen MR) is 87.5 cm³/mol. The second-order valence-electron chi connectivity index (χ2n) is 4.54. The van der Waals surface area contributed by atoms with E-state index in [-0.39, 0.29) is 5.91 Å². The lowest BCUT2D eigenvalue weighted by molar-refractivity contribution is 0.102. The summed E-state index contributed by atoms with van der Waals surface area (Å²) in [6.45, 7) is 1.88. The van der Waals surface area contributed by atoms with Crippen LogP contribution >= 0.6 is 15.9 Å². The number of nitrogens with zero attached hydrogens (tertiary/aromatic N) is 1. The van der Waals surface area contributed by atoms with Gasteiger partial charge in [-0.15, -0.1) is 0 Å². The minimum Gasteiger partial charge on any atom is -0.388 e. The summed E-state index contributed by atoms with van der Waals surface area (Å²) < 4.78 is 0.805. The smallest absolute Gasteiger partial charge is 0.255 e. The quantitative estimate of drug-likeness (QED) is 0.887. The lowest BCUT2D eigenvalue weighted by Crippen LogP contribution is -2.14. The molecule has 0 unspecified atom stereocenters. The van der Waals surface area contributed by atoms with Gasteiger partial charge in [-0.1, -0.05) is 15.9 Å². The van der Waals surface area contributed by atoms with E-state index in [2.05, 4.69) is 32.6 Å². The van der Waals surface area contributed by atoms with Crippen molar-refractivity contribution < 1.29 is 4.79 Å². The number of carbonyl (C=O) groups excluding carboxylic acids is 1. The molecule has 0 heterocycles. The summed E-state index contributed by atoms with van der Waals surface area (Å²) in [6.07, 6.45) is 0. The van der Waals surface area contributed by atoms with Crippen molar-refractivity contribution in [2.24, 2.45) is 0 Å². The van der Waals surface area contributed by atoms with Gasteiger partial charge in [-0.25, -0.2) is 0 Å². The van der Waals surface area contributed by atoms with Gasteiger partial charge < -0.3 is 10.6 Å². The minimum atomic E-state index is -0.232. The molecule has 0 spiro atoms. The van der Waals surface area contributed by atoms with Gasteiger partial charge in [0, 0.05) is 22.8 Å².